The number of hydrogen-bond donors (Lipinski definition) is 0. The molecule has 1 amide bonds. The fraction of sp³-hybridized carbons (Fsp3) is 0.355. The molecule has 3 aliphatic rings. The van der Waals surface area contributed by atoms with Crippen molar-refractivity contribution in [1.29, 1.82) is 10.5 Å². The van der Waals surface area contributed by atoms with Crippen molar-refractivity contribution in [3.8, 4) is 12.1 Å². The van der Waals surface area contributed by atoms with Crippen LogP contribution in [0.3, 0.4) is 0 Å². The molecule has 1 atom stereocenters. The number of amides is 1. The van der Waals surface area contributed by atoms with Crippen LogP contribution in [0.4, 0.5) is 17.3 Å². The molecule has 2 saturated heterocycles. The van der Waals surface area contributed by atoms with Crippen molar-refractivity contribution in [2.45, 2.75) is 19.4 Å². The highest BCUT2D eigenvalue weighted by molar-refractivity contribution is 5.94. The maximum atomic E-state index is 12.2. The summed E-state index contributed by atoms with van der Waals surface area (Å²) >= 11 is 0. The van der Waals surface area contributed by atoms with E-state index in [1.165, 1.54) is 22.5 Å². The number of rotatable bonds is 4. The van der Waals surface area contributed by atoms with Gasteiger partial charge in [-0.2, -0.15) is 10.5 Å². The minimum atomic E-state index is -0.0570. The van der Waals surface area contributed by atoms with Crippen LogP contribution in [0.25, 0.3) is 10.8 Å². The van der Waals surface area contributed by atoms with E-state index < -0.39 is 0 Å². The summed E-state index contributed by atoms with van der Waals surface area (Å²) in [6, 6.07) is 19.7. The number of nitrogens with zero attached hydrogens (tertiary/aromatic N) is 7. The number of hydrogen-bond acceptors (Lipinski definition) is 7. The standard InChI is InChI=1S/C31H31N7O/c1-2-29(39)35-14-16-36(17-15-35)30-25-11-13-37(28-9-5-7-23-6-3-4-8-24(23)28)21-27(25)26(19-33)31(34-30)38-12-10-22(18-32)20-38/h2-9,22H,1,10-17,20-21H2. The molecule has 39 heavy (non-hydrogen) atoms. The van der Waals surface area contributed by atoms with Gasteiger partial charge in [-0.05, 0) is 35.9 Å². The minimum Gasteiger partial charge on any atom is -0.366 e. The van der Waals surface area contributed by atoms with Gasteiger partial charge in [0.2, 0.25) is 5.91 Å². The summed E-state index contributed by atoms with van der Waals surface area (Å²) in [5.41, 5.74) is 3.95. The van der Waals surface area contributed by atoms with E-state index in [0.29, 0.717) is 57.2 Å². The van der Waals surface area contributed by atoms with Crippen LogP contribution < -0.4 is 14.7 Å². The highest BCUT2D eigenvalue weighted by atomic mass is 16.2. The Labute approximate surface area is 229 Å². The number of pyridine rings is 1. The summed E-state index contributed by atoms with van der Waals surface area (Å²) in [4.78, 5) is 25.9. The van der Waals surface area contributed by atoms with Crippen molar-refractivity contribution in [1.82, 2.24) is 9.88 Å². The molecule has 0 N–H and O–H groups in total. The molecular formula is C31H31N7O. The lowest BCUT2D eigenvalue weighted by Crippen LogP contribution is -2.49. The molecule has 0 radical (unpaired) electrons. The topological polar surface area (TPSA) is 90.5 Å². The summed E-state index contributed by atoms with van der Waals surface area (Å²) < 4.78 is 0. The quantitative estimate of drug-likeness (QED) is 0.486. The smallest absolute Gasteiger partial charge is 0.246 e. The fourth-order valence-electron chi connectivity index (χ4n) is 6.22. The van der Waals surface area contributed by atoms with Gasteiger partial charge in [-0.25, -0.2) is 4.98 Å². The van der Waals surface area contributed by atoms with Crippen LogP contribution in [-0.2, 0) is 17.8 Å². The highest BCUT2D eigenvalue weighted by Crippen LogP contribution is 2.39. The predicted octanol–water partition coefficient (Wildman–Crippen LogP) is 3.85. The molecule has 4 heterocycles. The lowest BCUT2D eigenvalue weighted by atomic mass is 9.94. The van der Waals surface area contributed by atoms with E-state index in [4.69, 9.17) is 4.98 Å². The Kier molecular flexibility index (Phi) is 6.54. The van der Waals surface area contributed by atoms with Crippen LogP contribution in [0.5, 0.6) is 0 Å². The average Bonchev–Trinajstić information content (AvgIpc) is 3.48. The van der Waals surface area contributed by atoms with Gasteiger partial charge in [0.15, 0.2) is 0 Å². The predicted molar refractivity (Wildman–Crippen MR) is 153 cm³/mol. The second-order valence-electron chi connectivity index (χ2n) is 10.4. The van der Waals surface area contributed by atoms with Gasteiger partial charge >= 0.3 is 0 Å². The molecule has 8 heteroatoms. The van der Waals surface area contributed by atoms with Gasteiger partial charge in [-0.15, -0.1) is 0 Å². The van der Waals surface area contributed by atoms with E-state index in [-0.39, 0.29) is 11.8 Å². The summed E-state index contributed by atoms with van der Waals surface area (Å²) in [6.07, 6.45) is 2.93. The molecule has 0 saturated carbocycles. The first-order valence-corrected chi connectivity index (χ1v) is 13.6. The number of carbonyl (C=O) groups is 1. The first-order valence-electron chi connectivity index (χ1n) is 13.6. The molecule has 1 aromatic heterocycles. The highest BCUT2D eigenvalue weighted by Gasteiger charge is 2.33. The Morgan fingerprint density at radius 3 is 2.46 bits per heavy atom. The van der Waals surface area contributed by atoms with Gasteiger partial charge in [0.05, 0.1) is 17.6 Å². The van der Waals surface area contributed by atoms with Gasteiger partial charge in [0.1, 0.15) is 17.7 Å². The largest absolute Gasteiger partial charge is 0.366 e. The van der Waals surface area contributed by atoms with Gasteiger partial charge in [-0.1, -0.05) is 43.0 Å². The van der Waals surface area contributed by atoms with Crippen LogP contribution in [0, 0.1) is 28.6 Å². The number of carbonyl (C=O) groups excluding carboxylic acids is 1. The number of nitriles is 2. The first kappa shape index (κ1) is 24.8. The third kappa shape index (κ3) is 4.42. The third-order valence-corrected chi connectivity index (χ3v) is 8.31. The van der Waals surface area contributed by atoms with E-state index in [1.54, 1.807) is 0 Å². The normalized spacial score (nSPS) is 19.0. The zero-order valence-corrected chi connectivity index (χ0v) is 22.0. The summed E-state index contributed by atoms with van der Waals surface area (Å²) in [6.45, 7) is 8.96. The Bertz CT molecular complexity index is 1520. The van der Waals surface area contributed by atoms with E-state index in [1.807, 2.05) is 4.90 Å². The second-order valence-corrected chi connectivity index (χ2v) is 10.4. The third-order valence-electron chi connectivity index (χ3n) is 8.31. The SMILES string of the molecule is C=CC(=O)N1CCN(c2nc(N3CCC(C#N)C3)c(C#N)c3c2CCN(c2cccc4ccccc24)C3)CC1. The van der Waals surface area contributed by atoms with E-state index >= 15 is 0 Å². The Balaban J connectivity index is 1.42. The van der Waals surface area contributed by atoms with Crippen molar-refractivity contribution in [3.63, 3.8) is 0 Å². The zero-order chi connectivity index (χ0) is 26.9. The summed E-state index contributed by atoms with van der Waals surface area (Å²) in [5.74, 6) is 1.50. The van der Waals surface area contributed by atoms with E-state index in [0.717, 1.165) is 36.3 Å². The van der Waals surface area contributed by atoms with Crippen molar-refractivity contribution in [2.75, 3.05) is 60.5 Å². The zero-order valence-electron chi connectivity index (χ0n) is 22.0. The molecule has 1 unspecified atom stereocenters. The second kappa shape index (κ2) is 10.3. The monoisotopic (exact) mass is 517 g/mol. The molecule has 3 aromatic rings. The molecule has 0 aliphatic carbocycles. The van der Waals surface area contributed by atoms with E-state index in [9.17, 15) is 15.3 Å². The molecule has 2 fully saturated rings. The summed E-state index contributed by atoms with van der Waals surface area (Å²) in [5, 5.41) is 22.4. The Hall–Kier alpha value is -4.56. The lowest BCUT2D eigenvalue weighted by molar-refractivity contribution is -0.126. The van der Waals surface area contributed by atoms with Crippen molar-refractivity contribution < 1.29 is 4.79 Å². The molecular weight excluding hydrogens is 486 g/mol. The number of piperazine rings is 1. The van der Waals surface area contributed by atoms with Crippen LogP contribution >= 0.6 is 0 Å². The minimum absolute atomic E-state index is 0.0458. The van der Waals surface area contributed by atoms with Crippen molar-refractivity contribution >= 4 is 34.0 Å². The molecule has 3 aliphatic heterocycles. The molecule has 196 valence electrons. The van der Waals surface area contributed by atoms with Gasteiger partial charge < -0.3 is 19.6 Å². The lowest BCUT2D eigenvalue weighted by Gasteiger charge is -2.39. The van der Waals surface area contributed by atoms with Crippen molar-refractivity contribution in [3.05, 3.63) is 71.8 Å². The first-order chi connectivity index (χ1) is 19.1. The molecule has 2 aromatic carbocycles. The van der Waals surface area contributed by atoms with Gasteiger partial charge in [0.25, 0.3) is 0 Å². The number of fused-ring (bicyclic) bond motifs is 2. The maximum Gasteiger partial charge on any atom is 0.246 e. The number of anilines is 3. The Morgan fingerprint density at radius 2 is 1.72 bits per heavy atom. The van der Waals surface area contributed by atoms with Crippen LogP contribution in [-0.4, -0.2) is 61.6 Å². The average molecular weight is 518 g/mol. The Morgan fingerprint density at radius 1 is 0.923 bits per heavy atom. The maximum absolute atomic E-state index is 12.2. The van der Waals surface area contributed by atoms with Crippen molar-refractivity contribution in [2.24, 2.45) is 5.92 Å². The van der Waals surface area contributed by atoms with Gasteiger partial charge in [-0.3, -0.25) is 4.79 Å². The van der Waals surface area contributed by atoms with Gasteiger partial charge in [0, 0.05) is 69.0 Å². The molecule has 8 nitrogen and oxygen atoms in total. The molecule has 0 spiro atoms. The van der Waals surface area contributed by atoms with E-state index in [2.05, 4.69) is 75.9 Å². The van der Waals surface area contributed by atoms with Crippen LogP contribution in [0.1, 0.15) is 23.1 Å². The molecule has 0 bridgehead atoms. The van der Waals surface area contributed by atoms with Crippen LogP contribution in [0.2, 0.25) is 0 Å². The fourth-order valence-corrected chi connectivity index (χ4v) is 6.22. The molecule has 6 rings (SSSR count). The van der Waals surface area contributed by atoms with Crippen LogP contribution in [0.15, 0.2) is 55.1 Å². The summed E-state index contributed by atoms with van der Waals surface area (Å²) in [7, 11) is 0. The number of benzene rings is 2. The number of aromatic nitrogens is 1.